The number of hydrogen-bond acceptors (Lipinski definition) is 5. The van der Waals surface area contributed by atoms with E-state index in [0.717, 1.165) is 31.7 Å². The lowest BCUT2D eigenvalue weighted by Gasteiger charge is -2.16. The van der Waals surface area contributed by atoms with Gasteiger partial charge in [0.05, 0.1) is 12.1 Å². The molecule has 1 aromatic heterocycles. The minimum Gasteiger partial charge on any atom is -0.342 e. The molecular weight excluding hydrogens is 312 g/mol. The fraction of sp³-hybridized carbons (Fsp3) is 0.688. The van der Waals surface area contributed by atoms with Crippen molar-refractivity contribution >= 4 is 28.3 Å². The van der Waals surface area contributed by atoms with Crippen LogP contribution in [0.3, 0.4) is 0 Å². The van der Waals surface area contributed by atoms with Gasteiger partial charge in [-0.05, 0) is 25.9 Å². The Labute approximate surface area is 141 Å². The number of aromatic nitrogens is 1. The fourth-order valence-corrected chi connectivity index (χ4v) is 3.22. The average Bonchev–Trinajstić information content (AvgIpc) is 3.08. The first kappa shape index (κ1) is 17.9. The molecule has 0 aromatic carbocycles. The first-order chi connectivity index (χ1) is 10.8. The summed E-state index contributed by atoms with van der Waals surface area (Å²) in [7, 11) is 1.94. The van der Waals surface area contributed by atoms with Crippen LogP contribution in [0.4, 0.5) is 5.13 Å². The zero-order valence-corrected chi connectivity index (χ0v) is 15.1. The number of carbonyl (C=O) groups excluding carboxylic acids is 2. The monoisotopic (exact) mass is 338 g/mol. The number of likely N-dealkylation sites (tertiary alicyclic amines) is 1. The highest BCUT2D eigenvalue weighted by Crippen LogP contribution is 2.22. The molecule has 1 aromatic rings. The highest BCUT2D eigenvalue weighted by Gasteiger charge is 2.26. The maximum absolute atomic E-state index is 12.3. The van der Waals surface area contributed by atoms with Crippen LogP contribution in [0.2, 0.25) is 0 Å². The van der Waals surface area contributed by atoms with Crippen LogP contribution in [0.1, 0.15) is 32.9 Å². The first-order valence-corrected chi connectivity index (χ1v) is 8.86. The molecule has 0 spiro atoms. The molecule has 23 heavy (non-hydrogen) atoms. The van der Waals surface area contributed by atoms with E-state index in [0.29, 0.717) is 17.5 Å². The van der Waals surface area contributed by atoms with Crippen molar-refractivity contribution in [3.05, 3.63) is 11.1 Å². The maximum Gasteiger partial charge on any atom is 0.231 e. The Morgan fingerprint density at radius 3 is 2.83 bits per heavy atom. The third-order valence-electron chi connectivity index (χ3n) is 3.92. The second-order valence-electron chi connectivity index (χ2n) is 7.08. The molecule has 0 radical (unpaired) electrons. The van der Waals surface area contributed by atoms with E-state index < -0.39 is 5.41 Å². The molecule has 7 heteroatoms. The number of amides is 2. The van der Waals surface area contributed by atoms with E-state index >= 15 is 0 Å². The molecule has 2 heterocycles. The summed E-state index contributed by atoms with van der Waals surface area (Å²) in [5, 5.41) is 8.37. The van der Waals surface area contributed by atoms with Gasteiger partial charge in [0.25, 0.3) is 0 Å². The number of rotatable bonds is 5. The minimum atomic E-state index is -0.459. The lowest BCUT2D eigenvalue weighted by atomic mass is 9.96. The van der Waals surface area contributed by atoms with Crippen LogP contribution >= 0.6 is 11.3 Å². The molecule has 1 aliphatic rings. The van der Waals surface area contributed by atoms with Crippen molar-refractivity contribution in [2.45, 2.75) is 33.6 Å². The lowest BCUT2D eigenvalue weighted by Crippen LogP contribution is -2.31. The molecule has 1 unspecified atom stereocenters. The lowest BCUT2D eigenvalue weighted by molar-refractivity contribution is -0.129. The van der Waals surface area contributed by atoms with Gasteiger partial charge >= 0.3 is 0 Å². The zero-order valence-electron chi connectivity index (χ0n) is 14.3. The molecule has 1 fully saturated rings. The Morgan fingerprint density at radius 1 is 1.43 bits per heavy atom. The van der Waals surface area contributed by atoms with Crippen molar-refractivity contribution < 1.29 is 9.59 Å². The Bertz CT molecular complexity index is 565. The standard InChI is InChI=1S/C16H26N4O2S/c1-16(2,3)14(22)19-15-18-12(10-23-15)7-13(21)20-6-5-11(9-20)8-17-4/h10-11,17H,5-9H2,1-4H3,(H,18,19,22). The van der Waals surface area contributed by atoms with Crippen molar-refractivity contribution in [2.75, 3.05) is 32.0 Å². The topological polar surface area (TPSA) is 74.3 Å². The van der Waals surface area contributed by atoms with E-state index in [1.54, 1.807) is 0 Å². The van der Waals surface area contributed by atoms with E-state index in [-0.39, 0.29) is 11.8 Å². The van der Waals surface area contributed by atoms with Crippen LogP contribution in [-0.2, 0) is 16.0 Å². The molecular formula is C16H26N4O2S. The average molecular weight is 338 g/mol. The molecule has 128 valence electrons. The van der Waals surface area contributed by atoms with Gasteiger partial charge in [0, 0.05) is 23.9 Å². The quantitative estimate of drug-likeness (QED) is 0.857. The van der Waals surface area contributed by atoms with Gasteiger partial charge in [0.15, 0.2) is 5.13 Å². The Kier molecular flexibility index (Phi) is 5.75. The fourth-order valence-electron chi connectivity index (χ4n) is 2.51. The van der Waals surface area contributed by atoms with Crippen molar-refractivity contribution in [1.29, 1.82) is 0 Å². The predicted molar refractivity (Wildman–Crippen MR) is 92.5 cm³/mol. The number of thiazole rings is 1. The summed E-state index contributed by atoms with van der Waals surface area (Å²) in [6.07, 6.45) is 1.35. The number of carbonyl (C=O) groups is 2. The molecule has 1 aliphatic heterocycles. The molecule has 0 bridgehead atoms. The highest BCUT2D eigenvalue weighted by molar-refractivity contribution is 7.13. The van der Waals surface area contributed by atoms with Crippen LogP contribution in [0, 0.1) is 11.3 Å². The summed E-state index contributed by atoms with van der Waals surface area (Å²) in [6.45, 7) is 8.16. The first-order valence-electron chi connectivity index (χ1n) is 7.98. The molecule has 0 aliphatic carbocycles. The second-order valence-corrected chi connectivity index (χ2v) is 7.94. The van der Waals surface area contributed by atoms with Gasteiger partial charge in [0.1, 0.15) is 0 Å². The van der Waals surface area contributed by atoms with Crippen LogP contribution < -0.4 is 10.6 Å². The van der Waals surface area contributed by atoms with E-state index in [2.05, 4.69) is 15.6 Å². The second kappa shape index (κ2) is 7.40. The SMILES string of the molecule is CNCC1CCN(C(=O)Cc2csc(NC(=O)C(C)(C)C)n2)C1. The summed E-state index contributed by atoms with van der Waals surface area (Å²) >= 11 is 1.36. The van der Waals surface area contributed by atoms with Gasteiger partial charge in [-0.15, -0.1) is 11.3 Å². The zero-order chi connectivity index (χ0) is 17.0. The van der Waals surface area contributed by atoms with E-state index in [1.165, 1.54) is 11.3 Å². The van der Waals surface area contributed by atoms with Gasteiger partial charge in [0.2, 0.25) is 11.8 Å². The van der Waals surface area contributed by atoms with Gasteiger partial charge in [-0.2, -0.15) is 0 Å². The van der Waals surface area contributed by atoms with Crippen LogP contribution in [0.25, 0.3) is 0 Å². The van der Waals surface area contributed by atoms with E-state index in [4.69, 9.17) is 0 Å². The van der Waals surface area contributed by atoms with E-state index in [9.17, 15) is 9.59 Å². The normalized spacial score (nSPS) is 18.3. The van der Waals surface area contributed by atoms with Crippen molar-refractivity contribution in [3.63, 3.8) is 0 Å². The Hall–Kier alpha value is -1.47. The van der Waals surface area contributed by atoms with Crippen molar-refractivity contribution in [2.24, 2.45) is 11.3 Å². The molecule has 2 N–H and O–H groups in total. The third-order valence-corrected chi connectivity index (χ3v) is 4.72. The molecule has 0 saturated carbocycles. The summed E-state index contributed by atoms with van der Waals surface area (Å²) < 4.78 is 0. The van der Waals surface area contributed by atoms with Gasteiger partial charge in [-0.1, -0.05) is 20.8 Å². The summed E-state index contributed by atoms with van der Waals surface area (Å²) in [6, 6.07) is 0. The molecule has 2 rings (SSSR count). The van der Waals surface area contributed by atoms with Crippen molar-refractivity contribution in [1.82, 2.24) is 15.2 Å². The number of hydrogen-bond donors (Lipinski definition) is 2. The number of anilines is 1. The van der Waals surface area contributed by atoms with Crippen molar-refractivity contribution in [3.8, 4) is 0 Å². The minimum absolute atomic E-state index is 0.0702. The molecule has 2 amide bonds. The van der Waals surface area contributed by atoms with Gasteiger partial charge in [-0.3, -0.25) is 9.59 Å². The van der Waals surface area contributed by atoms with Crippen LogP contribution in [0.15, 0.2) is 5.38 Å². The summed E-state index contributed by atoms with van der Waals surface area (Å²) in [4.78, 5) is 30.6. The summed E-state index contributed by atoms with van der Waals surface area (Å²) in [5.74, 6) is 0.586. The molecule has 1 atom stereocenters. The summed E-state index contributed by atoms with van der Waals surface area (Å²) in [5.41, 5.74) is 0.265. The highest BCUT2D eigenvalue weighted by atomic mass is 32.1. The van der Waals surface area contributed by atoms with Crippen LogP contribution in [-0.4, -0.2) is 48.4 Å². The smallest absolute Gasteiger partial charge is 0.231 e. The Balaban J connectivity index is 1.87. The number of nitrogens with zero attached hydrogens (tertiary/aromatic N) is 2. The Morgan fingerprint density at radius 2 is 2.17 bits per heavy atom. The van der Waals surface area contributed by atoms with Gasteiger partial charge in [-0.25, -0.2) is 4.98 Å². The predicted octanol–water partition coefficient (Wildman–Crippen LogP) is 1.74. The molecule has 1 saturated heterocycles. The molecule has 6 nitrogen and oxygen atoms in total. The number of nitrogens with one attached hydrogen (secondary N) is 2. The van der Waals surface area contributed by atoms with E-state index in [1.807, 2.05) is 38.1 Å². The maximum atomic E-state index is 12.3. The third kappa shape index (κ3) is 5.00. The van der Waals surface area contributed by atoms with Gasteiger partial charge < -0.3 is 15.5 Å². The van der Waals surface area contributed by atoms with Crippen LogP contribution in [0.5, 0.6) is 0 Å². The largest absolute Gasteiger partial charge is 0.342 e.